The Morgan fingerprint density at radius 3 is 2.34 bits per heavy atom. The third-order valence-electron chi connectivity index (χ3n) is 5.83. The molecule has 41 heavy (non-hydrogen) atoms. The number of methoxy groups -OCH3 is 2. The summed E-state index contributed by atoms with van der Waals surface area (Å²) >= 11 is 2.18. The third-order valence-corrected chi connectivity index (χ3v) is 9.71. The Balaban J connectivity index is 1.66. The van der Waals surface area contributed by atoms with Gasteiger partial charge in [-0.3, -0.25) is 14.9 Å². The smallest absolute Gasteiger partial charge is 0.324 e. The minimum absolute atomic E-state index is 0.0117. The fourth-order valence-corrected chi connectivity index (χ4v) is 6.82. The number of hydrogen-bond donors (Lipinski definition) is 0. The van der Waals surface area contributed by atoms with Crippen LogP contribution in [0.25, 0.3) is 10.2 Å². The fourth-order valence-electron chi connectivity index (χ4n) is 3.70. The number of nitrogens with zero attached hydrogens (tertiary/aromatic N) is 5. The molecule has 0 atom stereocenters. The van der Waals surface area contributed by atoms with E-state index in [2.05, 4.69) is 10.1 Å². The van der Waals surface area contributed by atoms with E-state index in [1.807, 2.05) is 25.1 Å². The molecule has 0 N–H and O–H groups in total. The molecule has 0 radical (unpaired) electrons. The van der Waals surface area contributed by atoms with E-state index in [4.69, 9.17) is 9.47 Å². The van der Waals surface area contributed by atoms with Crippen molar-refractivity contribution in [1.29, 1.82) is 0 Å². The molecular formula is C26H27N5O7S3. The van der Waals surface area contributed by atoms with Crippen LogP contribution in [0.2, 0.25) is 0 Å². The number of aryl methyl sites for hydroxylation is 1. The highest BCUT2D eigenvalue weighted by atomic mass is 32.2. The lowest BCUT2D eigenvalue weighted by Crippen LogP contribution is -2.36. The molecule has 1 amide bonds. The molecule has 2 aromatic heterocycles. The third kappa shape index (κ3) is 7.19. The van der Waals surface area contributed by atoms with Crippen molar-refractivity contribution >= 4 is 65.2 Å². The van der Waals surface area contributed by atoms with E-state index in [0.29, 0.717) is 15.5 Å². The highest BCUT2D eigenvalue weighted by Gasteiger charge is 2.26. The van der Waals surface area contributed by atoms with Gasteiger partial charge < -0.3 is 9.47 Å². The van der Waals surface area contributed by atoms with Gasteiger partial charge >= 0.3 is 5.00 Å². The van der Waals surface area contributed by atoms with Crippen LogP contribution in [-0.2, 0) is 19.5 Å². The predicted octanol–water partition coefficient (Wildman–Crippen LogP) is 4.54. The number of thiophene rings is 1. The van der Waals surface area contributed by atoms with Crippen LogP contribution in [0.3, 0.4) is 0 Å². The Labute approximate surface area is 244 Å². The SMILES string of the molecule is COCCN(CCOC)S(=O)(=O)c1ccc(C(=O)N(/N=C/c2ccc([N+](=O)[O-])s2)c2nc3ccc(C)cc3s2)cc1. The lowest BCUT2D eigenvalue weighted by Gasteiger charge is -2.21. The largest absolute Gasteiger partial charge is 0.383 e. The van der Waals surface area contributed by atoms with Gasteiger partial charge in [0.2, 0.25) is 15.2 Å². The first-order chi connectivity index (χ1) is 19.6. The van der Waals surface area contributed by atoms with Gasteiger partial charge in [0.15, 0.2) is 0 Å². The summed E-state index contributed by atoms with van der Waals surface area (Å²) in [5.41, 5.74) is 1.89. The number of ether oxygens (including phenoxy) is 2. The zero-order valence-corrected chi connectivity index (χ0v) is 24.9. The number of nitro groups is 1. The second-order valence-corrected chi connectivity index (χ2v) is 12.7. The number of carbonyl (C=O) groups excluding carboxylic acids is 1. The highest BCUT2D eigenvalue weighted by Crippen LogP contribution is 2.31. The second kappa shape index (κ2) is 13.4. The topological polar surface area (TPSA) is 145 Å². The summed E-state index contributed by atoms with van der Waals surface area (Å²) in [6.45, 7) is 2.65. The van der Waals surface area contributed by atoms with Crippen LogP contribution < -0.4 is 5.01 Å². The number of hydrazone groups is 1. The lowest BCUT2D eigenvalue weighted by atomic mass is 10.2. The van der Waals surface area contributed by atoms with Crippen molar-refractivity contribution in [2.45, 2.75) is 11.8 Å². The number of rotatable bonds is 13. The van der Waals surface area contributed by atoms with Crippen LogP contribution in [0.1, 0.15) is 20.8 Å². The van der Waals surface area contributed by atoms with Gasteiger partial charge in [-0.2, -0.15) is 14.4 Å². The number of fused-ring (bicyclic) bond motifs is 1. The van der Waals surface area contributed by atoms with Gasteiger partial charge in [0, 0.05) is 38.9 Å². The Kier molecular flexibility index (Phi) is 9.90. The van der Waals surface area contributed by atoms with Crippen molar-refractivity contribution in [3.05, 3.63) is 80.7 Å². The molecule has 15 heteroatoms. The van der Waals surface area contributed by atoms with E-state index in [-0.39, 0.29) is 41.8 Å². The summed E-state index contributed by atoms with van der Waals surface area (Å²) in [5, 5.41) is 16.8. The molecule has 0 aliphatic heterocycles. The van der Waals surface area contributed by atoms with Gasteiger partial charge in [0.1, 0.15) is 0 Å². The summed E-state index contributed by atoms with van der Waals surface area (Å²) in [6.07, 6.45) is 1.36. The molecule has 0 unspecified atom stereocenters. The molecule has 0 aliphatic rings. The molecule has 12 nitrogen and oxygen atoms in total. The maximum absolute atomic E-state index is 13.7. The van der Waals surface area contributed by atoms with Crippen LogP contribution in [0.4, 0.5) is 10.1 Å². The number of benzene rings is 2. The van der Waals surface area contributed by atoms with Crippen LogP contribution in [0.5, 0.6) is 0 Å². The van der Waals surface area contributed by atoms with Gasteiger partial charge in [-0.25, -0.2) is 13.4 Å². The number of carbonyl (C=O) groups is 1. The number of aromatic nitrogens is 1. The molecular weight excluding hydrogens is 591 g/mol. The van der Waals surface area contributed by atoms with Crippen molar-refractivity contribution in [3.63, 3.8) is 0 Å². The minimum atomic E-state index is -3.88. The molecule has 4 aromatic rings. The van der Waals surface area contributed by atoms with Gasteiger partial charge in [0.25, 0.3) is 5.91 Å². The molecule has 4 rings (SSSR count). The predicted molar refractivity (Wildman–Crippen MR) is 159 cm³/mol. The molecule has 0 spiro atoms. The fraction of sp³-hybridized carbons (Fsp3) is 0.269. The average Bonchev–Trinajstić information content (AvgIpc) is 3.60. The first kappa shape index (κ1) is 30.4. The normalized spacial score (nSPS) is 12.0. The molecule has 0 saturated carbocycles. The van der Waals surface area contributed by atoms with Crippen molar-refractivity contribution in [2.24, 2.45) is 5.10 Å². The maximum Gasteiger partial charge on any atom is 0.324 e. The monoisotopic (exact) mass is 617 g/mol. The first-order valence-corrected chi connectivity index (χ1v) is 15.3. The molecule has 2 aromatic carbocycles. The minimum Gasteiger partial charge on any atom is -0.383 e. The number of thiazole rings is 1. The number of anilines is 1. The van der Waals surface area contributed by atoms with Crippen molar-refractivity contribution in [2.75, 3.05) is 45.5 Å². The van der Waals surface area contributed by atoms with Gasteiger partial charge in [-0.1, -0.05) is 28.7 Å². The lowest BCUT2D eigenvalue weighted by molar-refractivity contribution is -0.380. The van der Waals surface area contributed by atoms with E-state index in [1.54, 1.807) is 0 Å². The van der Waals surface area contributed by atoms with Gasteiger partial charge in [-0.05, 0) is 55.0 Å². The summed E-state index contributed by atoms with van der Waals surface area (Å²) in [4.78, 5) is 29.3. The molecule has 0 fully saturated rings. The molecule has 0 saturated heterocycles. The van der Waals surface area contributed by atoms with Crippen molar-refractivity contribution in [3.8, 4) is 0 Å². The number of amides is 1. The Hall–Kier alpha value is -3.60. The summed E-state index contributed by atoms with van der Waals surface area (Å²) in [7, 11) is -0.902. The van der Waals surface area contributed by atoms with Crippen LogP contribution in [-0.4, -0.2) is 75.3 Å². The Bertz CT molecular complexity index is 1660. The van der Waals surface area contributed by atoms with Gasteiger partial charge in [0.05, 0.1) is 44.3 Å². The maximum atomic E-state index is 13.7. The standard InChI is InChI=1S/C26H27N5O7S3/c1-18-4-10-22-23(16-18)40-26(28-22)30(27-17-20-7-11-24(39-20)31(33)34)25(32)19-5-8-21(9-6-19)41(35,36)29(12-14-37-2)13-15-38-3/h4-11,16-17H,12-15H2,1-3H3/b27-17+. The molecule has 2 heterocycles. The molecule has 216 valence electrons. The Morgan fingerprint density at radius 2 is 1.73 bits per heavy atom. The van der Waals surface area contributed by atoms with Crippen molar-refractivity contribution in [1.82, 2.24) is 9.29 Å². The van der Waals surface area contributed by atoms with E-state index in [1.165, 1.54) is 72.5 Å². The van der Waals surface area contributed by atoms with Crippen LogP contribution >= 0.6 is 22.7 Å². The zero-order chi connectivity index (χ0) is 29.6. The van der Waals surface area contributed by atoms with Crippen LogP contribution in [0.15, 0.2) is 64.6 Å². The molecule has 0 aliphatic carbocycles. The van der Waals surface area contributed by atoms with Crippen LogP contribution in [0, 0.1) is 17.0 Å². The van der Waals surface area contributed by atoms with E-state index in [9.17, 15) is 23.3 Å². The summed E-state index contributed by atoms with van der Waals surface area (Å²) < 4.78 is 38.7. The van der Waals surface area contributed by atoms with Crippen molar-refractivity contribution < 1.29 is 27.6 Å². The average molecular weight is 618 g/mol. The highest BCUT2D eigenvalue weighted by molar-refractivity contribution is 7.89. The van der Waals surface area contributed by atoms with E-state index in [0.717, 1.165) is 26.6 Å². The Morgan fingerprint density at radius 1 is 1.05 bits per heavy atom. The number of hydrogen-bond acceptors (Lipinski definition) is 11. The van der Waals surface area contributed by atoms with Gasteiger partial charge in [-0.15, -0.1) is 0 Å². The van der Waals surface area contributed by atoms with E-state index < -0.39 is 20.9 Å². The molecule has 0 bridgehead atoms. The van der Waals surface area contributed by atoms with E-state index >= 15 is 0 Å². The second-order valence-electron chi connectivity index (χ2n) is 8.68. The number of sulfonamides is 1. The summed E-state index contributed by atoms with van der Waals surface area (Å²) in [6, 6.07) is 14.2. The summed E-state index contributed by atoms with van der Waals surface area (Å²) in [5.74, 6) is -0.553. The first-order valence-electron chi connectivity index (χ1n) is 12.2. The zero-order valence-electron chi connectivity index (χ0n) is 22.4. The quantitative estimate of drug-likeness (QED) is 0.121.